The molecule has 2 fully saturated rings. The summed E-state index contributed by atoms with van der Waals surface area (Å²) < 4.78 is 1.98. The van der Waals surface area contributed by atoms with Crippen LogP contribution in [-0.2, 0) is 16.0 Å². The zero-order valence-corrected chi connectivity index (χ0v) is 26.6. The van der Waals surface area contributed by atoms with Gasteiger partial charge in [-0.1, -0.05) is 57.2 Å². The van der Waals surface area contributed by atoms with Crippen molar-refractivity contribution in [2.45, 2.75) is 69.5 Å². The van der Waals surface area contributed by atoms with Gasteiger partial charge in [-0.3, -0.25) is 9.59 Å². The first-order chi connectivity index (χ1) is 21.2. The highest BCUT2D eigenvalue weighted by Gasteiger charge is 2.44. The average Bonchev–Trinajstić information content (AvgIpc) is 3.61. The molecule has 2 atom stereocenters. The molecule has 0 saturated carbocycles. The number of hydrogen-bond acceptors (Lipinski definition) is 5. The summed E-state index contributed by atoms with van der Waals surface area (Å²) in [6, 6.07) is 16.1. The zero-order valence-electron chi connectivity index (χ0n) is 25.8. The Morgan fingerprint density at radius 3 is 2.52 bits per heavy atom. The van der Waals surface area contributed by atoms with Gasteiger partial charge < -0.3 is 24.6 Å². The first-order valence-electron chi connectivity index (χ1n) is 15.6. The lowest BCUT2D eigenvalue weighted by molar-refractivity contribution is -0.137. The van der Waals surface area contributed by atoms with Gasteiger partial charge in [-0.05, 0) is 48.8 Å². The Bertz CT molecular complexity index is 1490. The van der Waals surface area contributed by atoms with Crippen LogP contribution >= 0.6 is 11.8 Å². The topological polar surface area (TPSA) is 90.8 Å². The van der Waals surface area contributed by atoms with Crippen molar-refractivity contribution in [2.24, 2.45) is 5.41 Å². The summed E-state index contributed by atoms with van der Waals surface area (Å²) in [6.07, 6.45) is 8.78. The summed E-state index contributed by atoms with van der Waals surface area (Å²) in [4.78, 5) is 50.6. The van der Waals surface area contributed by atoms with E-state index in [-0.39, 0.29) is 41.1 Å². The SMILES string of the molecule is CC(C)(C)CCN1C(=O)C(CC(=O)N2CCC(N3CCc4ccccc4NC3=O)CC2)SC1c1ccccc1-n1ccnc1. The summed E-state index contributed by atoms with van der Waals surface area (Å²) in [6.45, 7) is 9.05. The van der Waals surface area contributed by atoms with Crippen molar-refractivity contribution >= 4 is 35.3 Å². The number of rotatable bonds is 7. The van der Waals surface area contributed by atoms with Crippen molar-refractivity contribution in [1.29, 1.82) is 0 Å². The minimum absolute atomic E-state index is 0.0151. The second kappa shape index (κ2) is 12.7. The summed E-state index contributed by atoms with van der Waals surface area (Å²) in [5, 5.41) is 2.45. The van der Waals surface area contributed by atoms with Crippen molar-refractivity contribution in [2.75, 3.05) is 31.5 Å². The van der Waals surface area contributed by atoms with E-state index in [0.717, 1.165) is 48.2 Å². The normalized spacial score (nSPS) is 21.3. The average molecular weight is 615 g/mol. The third-order valence-electron chi connectivity index (χ3n) is 8.98. The van der Waals surface area contributed by atoms with Gasteiger partial charge in [-0.2, -0.15) is 0 Å². The number of carbonyl (C=O) groups is 3. The molecule has 4 amide bonds. The first kappa shape index (κ1) is 30.2. The highest BCUT2D eigenvalue weighted by Crippen LogP contribution is 2.46. The third kappa shape index (κ3) is 6.50. The lowest BCUT2D eigenvalue weighted by Gasteiger charge is -2.38. The second-order valence-electron chi connectivity index (χ2n) is 13.2. The van der Waals surface area contributed by atoms with Crippen molar-refractivity contribution in [3.05, 3.63) is 78.4 Å². The van der Waals surface area contributed by atoms with E-state index in [9.17, 15) is 14.4 Å². The van der Waals surface area contributed by atoms with Crippen LogP contribution in [0.5, 0.6) is 0 Å². The number of para-hydroxylation sites is 2. The van der Waals surface area contributed by atoms with Crippen LogP contribution in [-0.4, -0.2) is 79.6 Å². The maximum atomic E-state index is 13.9. The van der Waals surface area contributed by atoms with Crippen LogP contribution in [0.4, 0.5) is 10.5 Å². The summed E-state index contributed by atoms with van der Waals surface area (Å²) >= 11 is 1.59. The summed E-state index contributed by atoms with van der Waals surface area (Å²) in [5.74, 6) is 0.0510. The molecule has 0 radical (unpaired) electrons. The fourth-order valence-electron chi connectivity index (χ4n) is 6.43. The molecular formula is C34H42N6O3S. The van der Waals surface area contributed by atoms with Crippen LogP contribution < -0.4 is 5.32 Å². The first-order valence-corrected chi connectivity index (χ1v) is 16.6. The van der Waals surface area contributed by atoms with Crippen LogP contribution in [0, 0.1) is 5.41 Å². The van der Waals surface area contributed by atoms with E-state index < -0.39 is 5.25 Å². The molecule has 1 aromatic heterocycles. The monoisotopic (exact) mass is 614 g/mol. The molecule has 3 aromatic rings. The van der Waals surface area contributed by atoms with Crippen molar-refractivity contribution < 1.29 is 14.4 Å². The molecule has 2 unspecified atom stereocenters. The van der Waals surface area contributed by atoms with Gasteiger partial charge in [0.05, 0.1) is 17.3 Å². The molecule has 232 valence electrons. The van der Waals surface area contributed by atoms with E-state index in [1.165, 1.54) is 0 Å². The zero-order chi connectivity index (χ0) is 30.8. The molecule has 10 heteroatoms. The maximum absolute atomic E-state index is 13.9. The summed E-state index contributed by atoms with van der Waals surface area (Å²) in [7, 11) is 0. The molecule has 44 heavy (non-hydrogen) atoms. The second-order valence-corrected chi connectivity index (χ2v) is 14.5. The van der Waals surface area contributed by atoms with E-state index in [1.807, 2.05) is 55.8 Å². The van der Waals surface area contributed by atoms with Gasteiger partial charge in [0.15, 0.2) is 0 Å². The number of aromatic nitrogens is 2. The quantitative estimate of drug-likeness (QED) is 0.368. The van der Waals surface area contributed by atoms with Crippen molar-refractivity contribution in [3.63, 3.8) is 0 Å². The van der Waals surface area contributed by atoms with E-state index in [2.05, 4.69) is 49.3 Å². The highest BCUT2D eigenvalue weighted by molar-refractivity contribution is 8.01. The molecule has 4 heterocycles. The Labute approximate surface area is 264 Å². The molecule has 0 spiro atoms. The van der Waals surface area contributed by atoms with Gasteiger partial charge in [0.1, 0.15) is 5.37 Å². The Kier molecular flexibility index (Phi) is 8.71. The molecule has 6 rings (SSSR count). The number of hydrogen-bond donors (Lipinski definition) is 1. The number of nitrogens with one attached hydrogen (secondary N) is 1. The van der Waals surface area contributed by atoms with Crippen LogP contribution in [0.25, 0.3) is 5.69 Å². The molecule has 0 aliphatic carbocycles. The smallest absolute Gasteiger partial charge is 0.322 e. The molecule has 1 N–H and O–H groups in total. The van der Waals surface area contributed by atoms with Crippen molar-refractivity contribution in [1.82, 2.24) is 24.3 Å². The number of anilines is 1. The van der Waals surface area contributed by atoms with Gasteiger partial charge in [-0.25, -0.2) is 9.78 Å². The standard InChI is InChI=1S/C34H42N6O3S/c1-34(2,3)15-20-40-31(42)29(44-32(40)26-9-5-7-11-28(26)38-21-16-35-23-38)22-30(41)37-17-13-25(14-18-37)39-19-12-24-8-4-6-10-27(24)36-33(39)43/h4-11,16,21,23,25,29,32H,12-15,17-20,22H2,1-3H3,(H,36,43). The molecule has 3 aliphatic heterocycles. The van der Waals surface area contributed by atoms with E-state index >= 15 is 0 Å². The van der Waals surface area contributed by atoms with Gasteiger partial charge in [0.2, 0.25) is 11.8 Å². The largest absolute Gasteiger partial charge is 0.342 e. The number of urea groups is 1. The predicted molar refractivity (Wildman–Crippen MR) is 174 cm³/mol. The van der Waals surface area contributed by atoms with Gasteiger partial charge in [-0.15, -0.1) is 11.8 Å². The van der Waals surface area contributed by atoms with E-state index in [4.69, 9.17) is 0 Å². The number of likely N-dealkylation sites (tertiary alicyclic amines) is 1. The Morgan fingerprint density at radius 2 is 1.77 bits per heavy atom. The van der Waals surface area contributed by atoms with Crippen molar-refractivity contribution in [3.8, 4) is 5.69 Å². The van der Waals surface area contributed by atoms with E-state index in [1.54, 1.807) is 24.3 Å². The highest BCUT2D eigenvalue weighted by atomic mass is 32.2. The summed E-state index contributed by atoms with van der Waals surface area (Å²) in [5.41, 5.74) is 4.15. The van der Waals surface area contributed by atoms with Gasteiger partial charge >= 0.3 is 6.03 Å². The Hall–Kier alpha value is -3.79. The number of imidazole rings is 1. The number of benzene rings is 2. The molecule has 0 bridgehead atoms. The predicted octanol–water partition coefficient (Wildman–Crippen LogP) is 5.72. The molecule has 2 aromatic carbocycles. The lowest BCUT2D eigenvalue weighted by Crippen LogP contribution is -2.50. The fourth-order valence-corrected chi connectivity index (χ4v) is 7.94. The Morgan fingerprint density at radius 1 is 1.02 bits per heavy atom. The van der Waals surface area contributed by atoms with Gasteiger partial charge in [0.25, 0.3) is 0 Å². The Balaban J connectivity index is 1.11. The number of nitrogens with zero attached hydrogens (tertiary/aromatic N) is 5. The van der Waals surface area contributed by atoms with Crippen LogP contribution in [0.3, 0.4) is 0 Å². The van der Waals surface area contributed by atoms with E-state index in [0.29, 0.717) is 26.2 Å². The number of piperidine rings is 1. The minimum Gasteiger partial charge on any atom is -0.342 e. The maximum Gasteiger partial charge on any atom is 0.322 e. The number of thioether (sulfide) groups is 1. The third-order valence-corrected chi connectivity index (χ3v) is 10.4. The molecule has 2 saturated heterocycles. The molecule has 9 nitrogen and oxygen atoms in total. The number of fused-ring (bicyclic) bond motifs is 1. The van der Waals surface area contributed by atoms with Crippen LogP contribution in [0.15, 0.2) is 67.3 Å². The number of amides is 4. The molecular weight excluding hydrogens is 572 g/mol. The number of carbonyl (C=O) groups excluding carboxylic acids is 3. The van der Waals surface area contributed by atoms with Gasteiger partial charge in [0, 0.05) is 62.3 Å². The van der Waals surface area contributed by atoms with Crippen LogP contribution in [0.1, 0.15) is 63.0 Å². The fraction of sp³-hybridized carbons (Fsp3) is 0.471. The molecule has 3 aliphatic rings. The lowest BCUT2D eigenvalue weighted by atomic mass is 9.92. The van der Waals surface area contributed by atoms with Crippen LogP contribution in [0.2, 0.25) is 0 Å². The minimum atomic E-state index is -0.434.